The normalized spacial score (nSPS) is 22.2. The zero-order chi connectivity index (χ0) is 39.6. The van der Waals surface area contributed by atoms with Gasteiger partial charge in [0, 0.05) is 20.6 Å². The average molecular weight is 739 g/mol. The molecule has 0 spiro atoms. The lowest BCUT2D eigenvalue weighted by molar-refractivity contribution is -0.145. The van der Waals surface area contributed by atoms with Gasteiger partial charge in [0.25, 0.3) is 5.91 Å². The standard InChI is InChI=1S/C39H58N6O8/c1-37(2,3)31(43-36(52)53-38(4,5)6)35(51)45-21-24-27(39(24,7)8)29(45)32(48)41-25(19-22-15-14-16-22)30(47)33(49)40-20-26(46)42-28(34(50)44(9)10)23-17-12-11-13-18-23/h11-13,17-18,22,24-25,27-29,31H,14-16,19-21H2,1-10H3,(H,40,49)(H,41,48)(H,42,46)(H,43,52)/t24?,25?,27?,28?,29-,31+/m0/s1. The number of amides is 6. The van der Waals surface area contributed by atoms with Gasteiger partial charge in [0.05, 0.1) is 12.6 Å². The largest absolute Gasteiger partial charge is 0.444 e. The van der Waals surface area contributed by atoms with Gasteiger partial charge in [-0.15, -0.1) is 0 Å². The Morgan fingerprint density at radius 3 is 2.08 bits per heavy atom. The van der Waals surface area contributed by atoms with Crippen LogP contribution in [0.15, 0.2) is 30.3 Å². The van der Waals surface area contributed by atoms with Gasteiger partial charge in [-0.05, 0) is 61.3 Å². The van der Waals surface area contributed by atoms with Gasteiger partial charge in [-0.1, -0.05) is 84.2 Å². The van der Waals surface area contributed by atoms with Gasteiger partial charge in [0.15, 0.2) is 0 Å². The van der Waals surface area contributed by atoms with Crippen LogP contribution in [0.5, 0.6) is 0 Å². The monoisotopic (exact) mass is 738 g/mol. The van der Waals surface area contributed by atoms with Crippen LogP contribution in [0.25, 0.3) is 0 Å². The number of ketones is 1. The third-order valence-corrected chi connectivity index (χ3v) is 10.7. The maximum absolute atomic E-state index is 14.2. The minimum atomic E-state index is -1.18. The minimum Gasteiger partial charge on any atom is -0.444 e. The molecule has 1 heterocycles. The number of carbonyl (C=O) groups is 7. The maximum atomic E-state index is 14.2. The lowest BCUT2D eigenvalue weighted by Gasteiger charge is -2.38. The second-order valence-corrected chi connectivity index (χ2v) is 17.6. The summed E-state index contributed by atoms with van der Waals surface area (Å²) in [6.45, 7) is 14.4. The molecule has 2 saturated carbocycles. The predicted molar refractivity (Wildman–Crippen MR) is 197 cm³/mol. The number of likely N-dealkylation sites (tertiary alicyclic amines) is 1. The minimum absolute atomic E-state index is 0.0334. The topological polar surface area (TPSA) is 183 Å². The Morgan fingerprint density at radius 1 is 0.925 bits per heavy atom. The van der Waals surface area contributed by atoms with Crippen molar-refractivity contribution in [2.24, 2.45) is 28.6 Å². The van der Waals surface area contributed by atoms with E-state index >= 15 is 0 Å². The lowest BCUT2D eigenvalue weighted by Crippen LogP contribution is -2.61. The van der Waals surface area contributed by atoms with E-state index in [-0.39, 0.29) is 35.5 Å². The summed E-state index contributed by atoms with van der Waals surface area (Å²) in [7, 11) is 3.13. The molecule has 6 amide bonds. The fourth-order valence-corrected chi connectivity index (χ4v) is 7.41. The van der Waals surface area contributed by atoms with Crippen LogP contribution in [0, 0.1) is 28.6 Å². The fraction of sp³-hybridized carbons (Fsp3) is 0.667. The molecular formula is C39H58N6O8. The molecule has 3 aliphatic rings. The van der Waals surface area contributed by atoms with Gasteiger partial charge in [-0.2, -0.15) is 0 Å². The van der Waals surface area contributed by atoms with Crippen LogP contribution < -0.4 is 21.3 Å². The van der Waals surface area contributed by atoms with Crippen LogP contribution in [-0.4, -0.2) is 102 Å². The first-order valence-electron chi connectivity index (χ1n) is 18.5. The van der Waals surface area contributed by atoms with E-state index in [1.165, 1.54) is 9.80 Å². The SMILES string of the molecule is CN(C)C(=O)C(NC(=O)CNC(=O)C(=O)C(CC1CCC1)NC(=O)[C@@H]1C2C(CN1C(=O)[C@@H](NC(=O)OC(C)(C)C)C(C)(C)C)C2(C)C)c1ccccc1. The van der Waals surface area contributed by atoms with E-state index in [9.17, 15) is 33.6 Å². The van der Waals surface area contributed by atoms with Crippen molar-refractivity contribution in [1.29, 1.82) is 0 Å². The maximum Gasteiger partial charge on any atom is 0.408 e. The number of nitrogens with one attached hydrogen (secondary N) is 4. The number of fused-ring (bicyclic) bond motifs is 1. The number of carbonyl (C=O) groups excluding carboxylic acids is 7. The van der Waals surface area contributed by atoms with Gasteiger partial charge in [0.2, 0.25) is 29.4 Å². The Labute approximate surface area is 312 Å². The molecule has 292 valence electrons. The molecule has 1 aromatic rings. The van der Waals surface area contributed by atoms with Crippen molar-refractivity contribution in [2.45, 2.75) is 111 Å². The molecule has 1 aromatic carbocycles. The van der Waals surface area contributed by atoms with Crippen molar-refractivity contribution < 1.29 is 38.3 Å². The molecule has 4 unspecified atom stereocenters. The van der Waals surface area contributed by atoms with Crippen molar-refractivity contribution in [3.8, 4) is 0 Å². The molecule has 1 aliphatic heterocycles. The Kier molecular flexibility index (Phi) is 12.3. The quantitative estimate of drug-likeness (QED) is 0.223. The molecule has 6 atom stereocenters. The summed E-state index contributed by atoms with van der Waals surface area (Å²) in [5.41, 5.74) is -1.20. The number of piperidine rings is 1. The molecule has 3 fully saturated rings. The number of Topliss-reactive ketones (excluding diaryl/α,β-unsaturated/α-hetero) is 1. The van der Waals surface area contributed by atoms with E-state index in [0.717, 1.165) is 19.3 Å². The summed E-state index contributed by atoms with van der Waals surface area (Å²) in [5.74, 6) is -3.99. The third-order valence-electron chi connectivity index (χ3n) is 10.7. The number of nitrogens with zero attached hydrogens (tertiary/aromatic N) is 2. The van der Waals surface area contributed by atoms with Crippen LogP contribution in [0.4, 0.5) is 4.79 Å². The van der Waals surface area contributed by atoms with Crippen molar-refractivity contribution in [1.82, 2.24) is 31.1 Å². The fourth-order valence-electron chi connectivity index (χ4n) is 7.41. The molecule has 14 heteroatoms. The highest BCUT2D eigenvalue weighted by atomic mass is 16.6. The molecule has 4 rings (SSSR count). The van der Waals surface area contributed by atoms with Crippen LogP contribution in [0.2, 0.25) is 0 Å². The van der Waals surface area contributed by atoms with Gasteiger partial charge in [0.1, 0.15) is 23.7 Å². The molecule has 53 heavy (non-hydrogen) atoms. The summed E-state index contributed by atoms with van der Waals surface area (Å²) in [6, 6.07) is 4.55. The number of benzene rings is 1. The zero-order valence-electron chi connectivity index (χ0n) is 32.8. The highest BCUT2D eigenvalue weighted by Gasteiger charge is 2.70. The van der Waals surface area contributed by atoms with Crippen molar-refractivity contribution in [3.63, 3.8) is 0 Å². The van der Waals surface area contributed by atoms with Gasteiger partial charge >= 0.3 is 6.09 Å². The summed E-state index contributed by atoms with van der Waals surface area (Å²) < 4.78 is 5.44. The number of alkyl carbamates (subject to hydrolysis) is 1. The first-order chi connectivity index (χ1) is 24.5. The van der Waals surface area contributed by atoms with E-state index in [1.54, 1.807) is 65.2 Å². The first-order valence-corrected chi connectivity index (χ1v) is 18.5. The molecule has 1 saturated heterocycles. The number of likely N-dealkylation sites (N-methyl/N-ethyl adjacent to an activating group) is 1. The molecule has 0 bridgehead atoms. The molecule has 4 N–H and O–H groups in total. The molecule has 2 aliphatic carbocycles. The van der Waals surface area contributed by atoms with Crippen LogP contribution >= 0.6 is 0 Å². The number of ether oxygens (including phenoxy) is 1. The third kappa shape index (κ3) is 9.94. The van der Waals surface area contributed by atoms with E-state index in [0.29, 0.717) is 12.1 Å². The van der Waals surface area contributed by atoms with Crippen LogP contribution in [0.1, 0.15) is 92.7 Å². The number of rotatable bonds is 13. The molecule has 14 nitrogen and oxygen atoms in total. The van der Waals surface area contributed by atoms with Gasteiger partial charge in [-0.3, -0.25) is 28.8 Å². The number of hydrogen-bond donors (Lipinski definition) is 4. The first kappa shape index (κ1) is 41.3. The molecule has 0 radical (unpaired) electrons. The Bertz CT molecular complexity index is 1580. The van der Waals surface area contributed by atoms with E-state index < -0.39 is 77.2 Å². The number of hydrogen-bond acceptors (Lipinski definition) is 8. The van der Waals surface area contributed by atoms with Crippen molar-refractivity contribution in [3.05, 3.63) is 35.9 Å². The molecule has 0 aromatic heterocycles. The van der Waals surface area contributed by atoms with Crippen LogP contribution in [-0.2, 0) is 33.5 Å². The summed E-state index contributed by atoms with van der Waals surface area (Å²) in [5, 5.41) is 10.6. The van der Waals surface area contributed by atoms with E-state index in [1.807, 2.05) is 34.6 Å². The van der Waals surface area contributed by atoms with Gasteiger partial charge < -0.3 is 35.8 Å². The second-order valence-electron chi connectivity index (χ2n) is 17.6. The Balaban J connectivity index is 1.48. The van der Waals surface area contributed by atoms with E-state index in [4.69, 9.17) is 4.74 Å². The lowest BCUT2D eigenvalue weighted by atomic mass is 9.80. The summed E-state index contributed by atoms with van der Waals surface area (Å²) >= 11 is 0. The van der Waals surface area contributed by atoms with Crippen molar-refractivity contribution >= 4 is 41.4 Å². The van der Waals surface area contributed by atoms with E-state index in [2.05, 4.69) is 21.3 Å². The highest BCUT2D eigenvalue weighted by Crippen LogP contribution is 2.65. The Hall–Kier alpha value is -4.49. The van der Waals surface area contributed by atoms with Crippen LogP contribution in [0.3, 0.4) is 0 Å². The van der Waals surface area contributed by atoms with Gasteiger partial charge in [-0.25, -0.2) is 4.79 Å². The highest BCUT2D eigenvalue weighted by molar-refractivity contribution is 6.38. The zero-order valence-corrected chi connectivity index (χ0v) is 32.8. The second kappa shape index (κ2) is 15.9. The smallest absolute Gasteiger partial charge is 0.408 e. The summed E-state index contributed by atoms with van der Waals surface area (Å²) in [6.07, 6.45) is 2.16. The Morgan fingerprint density at radius 2 is 1.55 bits per heavy atom. The molecular weight excluding hydrogens is 680 g/mol. The average Bonchev–Trinajstić information content (AvgIpc) is 3.35. The predicted octanol–water partition coefficient (Wildman–Crippen LogP) is 2.71. The summed E-state index contributed by atoms with van der Waals surface area (Å²) in [4.78, 5) is 96.8. The van der Waals surface area contributed by atoms with Crippen molar-refractivity contribution in [2.75, 3.05) is 27.2 Å².